The van der Waals surface area contributed by atoms with Crippen LogP contribution in [0.1, 0.15) is 31.0 Å². The first-order valence-electron chi connectivity index (χ1n) is 7.11. The van der Waals surface area contributed by atoms with E-state index in [-0.39, 0.29) is 17.5 Å². The summed E-state index contributed by atoms with van der Waals surface area (Å²) < 4.78 is 7.20. The second-order valence-corrected chi connectivity index (χ2v) is 5.24. The number of nitro groups is 1. The average Bonchev–Trinajstić information content (AvgIpc) is 3.09. The minimum Gasteiger partial charge on any atom is -0.490 e. The third-order valence-corrected chi connectivity index (χ3v) is 3.79. The third-order valence-electron chi connectivity index (χ3n) is 3.79. The molecule has 0 bridgehead atoms. The summed E-state index contributed by atoms with van der Waals surface area (Å²) in [7, 11) is 1.42. The number of aromatic nitrogens is 3. The van der Waals surface area contributed by atoms with E-state index in [9.17, 15) is 10.1 Å². The van der Waals surface area contributed by atoms with E-state index in [0.717, 1.165) is 36.7 Å². The zero-order valence-corrected chi connectivity index (χ0v) is 12.4. The summed E-state index contributed by atoms with van der Waals surface area (Å²) in [5, 5.41) is 22.6. The Kier molecular flexibility index (Phi) is 3.66. The lowest BCUT2D eigenvalue weighted by atomic mass is 10.2. The number of methoxy groups -OCH3 is 1. The summed E-state index contributed by atoms with van der Waals surface area (Å²) in [6, 6.07) is 4.67. The van der Waals surface area contributed by atoms with E-state index in [1.54, 1.807) is 12.1 Å². The van der Waals surface area contributed by atoms with E-state index in [1.165, 1.54) is 13.2 Å². The first-order valence-corrected chi connectivity index (χ1v) is 7.11. The Morgan fingerprint density at radius 2 is 2.27 bits per heavy atom. The second-order valence-electron chi connectivity index (χ2n) is 5.24. The first-order chi connectivity index (χ1) is 10.6. The minimum absolute atomic E-state index is 0.0505. The molecule has 3 rings (SSSR count). The summed E-state index contributed by atoms with van der Waals surface area (Å²) in [5.74, 6) is 2.13. The fourth-order valence-electron chi connectivity index (χ4n) is 2.73. The van der Waals surface area contributed by atoms with Gasteiger partial charge in [0.1, 0.15) is 5.82 Å². The molecular formula is C14H17N5O3. The molecule has 1 atom stereocenters. The fourth-order valence-corrected chi connectivity index (χ4v) is 2.73. The molecule has 1 aliphatic heterocycles. The van der Waals surface area contributed by atoms with Crippen molar-refractivity contribution in [2.24, 2.45) is 0 Å². The van der Waals surface area contributed by atoms with Crippen LogP contribution in [0, 0.1) is 10.1 Å². The Balaban J connectivity index is 1.82. The van der Waals surface area contributed by atoms with Gasteiger partial charge in [0, 0.05) is 30.8 Å². The van der Waals surface area contributed by atoms with Crippen LogP contribution in [0.5, 0.6) is 5.75 Å². The number of anilines is 1. The van der Waals surface area contributed by atoms with Gasteiger partial charge in [-0.05, 0) is 19.4 Å². The first kappa shape index (κ1) is 14.3. The number of fused-ring (bicyclic) bond motifs is 1. The molecule has 22 heavy (non-hydrogen) atoms. The molecule has 0 spiro atoms. The van der Waals surface area contributed by atoms with Crippen molar-refractivity contribution in [2.75, 3.05) is 12.4 Å². The van der Waals surface area contributed by atoms with Crippen molar-refractivity contribution in [3.05, 3.63) is 40.0 Å². The summed E-state index contributed by atoms with van der Waals surface area (Å²) in [6.07, 6.45) is 2.06. The molecule has 2 aromatic rings. The van der Waals surface area contributed by atoms with E-state index in [1.807, 2.05) is 6.92 Å². The zero-order chi connectivity index (χ0) is 15.7. The van der Waals surface area contributed by atoms with Crippen molar-refractivity contribution in [2.45, 2.75) is 32.4 Å². The highest BCUT2D eigenvalue weighted by molar-refractivity contribution is 5.58. The Morgan fingerprint density at radius 3 is 3.00 bits per heavy atom. The summed E-state index contributed by atoms with van der Waals surface area (Å²) >= 11 is 0. The molecule has 0 amide bonds. The maximum Gasteiger partial charge on any atom is 0.311 e. The second kappa shape index (κ2) is 5.63. The van der Waals surface area contributed by atoms with Gasteiger partial charge in [-0.25, -0.2) is 0 Å². The monoisotopic (exact) mass is 303 g/mol. The Labute approximate surface area is 127 Å². The molecular weight excluding hydrogens is 286 g/mol. The van der Waals surface area contributed by atoms with Crippen LogP contribution in [-0.2, 0) is 13.0 Å². The molecule has 0 saturated heterocycles. The molecule has 2 heterocycles. The third kappa shape index (κ3) is 2.47. The van der Waals surface area contributed by atoms with Gasteiger partial charge in [0.25, 0.3) is 0 Å². The SMILES string of the molecule is COc1cc(N[C@@H](C)c2nnc3n2CCC3)ccc1[N+](=O)[O-]. The Hall–Kier alpha value is -2.64. The lowest BCUT2D eigenvalue weighted by molar-refractivity contribution is -0.385. The number of hydrogen-bond acceptors (Lipinski definition) is 6. The van der Waals surface area contributed by atoms with Crippen molar-refractivity contribution in [3.63, 3.8) is 0 Å². The van der Waals surface area contributed by atoms with Gasteiger partial charge in [0.15, 0.2) is 11.6 Å². The van der Waals surface area contributed by atoms with Gasteiger partial charge in [-0.1, -0.05) is 0 Å². The highest BCUT2D eigenvalue weighted by Crippen LogP contribution is 2.31. The highest BCUT2D eigenvalue weighted by Gasteiger charge is 2.22. The Bertz CT molecular complexity index is 712. The van der Waals surface area contributed by atoms with Gasteiger partial charge >= 0.3 is 5.69 Å². The number of nitro benzene ring substituents is 1. The summed E-state index contributed by atoms with van der Waals surface area (Å²) in [4.78, 5) is 10.5. The molecule has 1 N–H and O–H groups in total. The van der Waals surface area contributed by atoms with Gasteiger partial charge in [0.2, 0.25) is 0 Å². The molecule has 8 nitrogen and oxygen atoms in total. The maximum atomic E-state index is 10.9. The van der Waals surface area contributed by atoms with Crippen molar-refractivity contribution in [1.82, 2.24) is 14.8 Å². The van der Waals surface area contributed by atoms with E-state index in [4.69, 9.17) is 4.74 Å². The topological polar surface area (TPSA) is 95.1 Å². The van der Waals surface area contributed by atoms with Gasteiger partial charge < -0.3 is 14.6 Å². The highest BCUT2D eigenvalue weighted by atomic mass is 16.6. The number of hydrogen-bond donors (Lipinski definition) is 1. The number of benzene rings is 1. The van der Waals surface area contributed by atoms with Crippen LogP contribution in [0.25, 0.3) is 0 Å². The largest absolute Gasteiger partial charge is 0.490 e. The van der Waals surface area contributed by atoms with Crippen LogP contribution in [-0.4, -0.2) is 26.8 Å². The molecule has 116 valence electrons. The van der Waals surface area contributed by atoms with Crippen molar-refractivity contribution in [3.8, 4) is 5.75 Å². The molecule has 0 unspecified atom stereocenters. The minimum atomic E-state index is -0.461. The number of ether oxygens (including phenoxy) is 1. The van der Waals surface area contributed by atoms with Crippen molar-refractivity contribution >= 4 is 11.4 Å². The van der Waals surface area contributed by atoms with Crippen LogP contribution >= 0.6 is 0 Å². The molecule has 0 saturated carbocycles. The molecule has 0 aliphatic carbocycles. The van der Waals surface area contributed by atoms with E-state index in [2.05, 4.69) is 20.1 Å². The number of aryl methyl sites for hydroxylation is 1. The number of nitrogens with one attached hydrogen (secondary N) is 1. The molecule has 8 heteroatoms. The van der Waals surface area contributed by atoms with Crippen LogP contribution in [0.4, 0.5) is 11.4 Å². The van der Waals surface area contributed by atoms with Crippen LogP contribution in [0.3, 0.4) is 0 Å². The Morgan fingerprint density at radius 1 is 1.45 bits per heavy atom. The standard InChI is InChI=1S/C14H17N5O3/c1-9(14-17-16-13-4-3-7-18(13)14)15-10-5-6-11(19(20)21)12(8-10)22-2/h5-6,8-9,15H,3-4,7H2,1-2H3/t9-/m0/s1. The van der Waals surface area contributed by atoms with Gasteiger partial charge in [-0.2, -0.15) is 0 Å². The van der Waals surface area contributed by atoms with Crippen molar-refractivity contribution < 1.29 is 9.66 Å². The number of nitrogens with zero attached hydrogens (tertiary/aromatic N) is 4. The fraction of sp³-hybridized carbons (Fsp3) is 0.429. The normalized spacial score (nSPS) is 14.5. The van der Waals surface area contributed by atoms with Crippen LogP contribution in [0.15, 0.2) is 18.2 Å². The van der Waals surface area contributed by atoms with Gasteiger partial charge in [-0.15, -0.1) is 10.2 Å². The lowest BCUT2D eigenvalue weighted by Crippen LogP contribution is -2.13. The molecule has 1 aliphatic rings. The summed E-state index contributed by atoms with van der Waals surface area (Å²) in [6.45, 7) is 2.93. The molecule has 0 fully saturated rings. The molecule has 1 aromatic heterocycles. The lowest BCUT2D eigenvalue weighted by Gasteiger charge is -2.15. The average molecular weight is 303 g/mol. The maximum absolute atomic E-state index is 10.9. The van der Waals surface area contributed by atoms with Gasteiger partial charge in [-0.3, -0.25) is 10.1 Å². The van der Waals surface area contributed by atoms with Crippen LogP contribution < -0.4 is 10.1 Å². The predicted molar refractivity (Wildman–Crippen MR) is 80.0 cm³/mol. The van der Waals surface area contributed by atoms with E-state index >= 15 is 0 Å². The zero-order valence-electron chi connectivity index (χ0n) is 12.4. The molecule has 0 radical (unpaired) electrons. The number of rotatable bonds is 5. The smallest absolute Gasteiger partial charge is 0.311 e. The van der Waals surface area contributed by atoms with Crippen LogP contribution in [0.2, 0.25) is 0 Å². The van der Waals surface area contributed by atoms with E-state index in [0.29, 0.717) is 0 Å². The van der Waals surface area contributed by atoms with Crippen molar-refractivity contribution in [1.29, 1.82) is 0 Å². The predicted octanol–water partition coefficient (Wildman–Crippen LogP) is 2.31. The summed E-state index contributed by atoms with van der Waals surface area (Å²) in [5.41, 5.74) is 0.689. The quantitative estimate of drug-likeness (QED) is 0.672. The van der Waals surface area contributed by atoms with Gasteiger partial charge in [0.05, 0.1) is 18.1 Å². The van der Waals surface area contributed by atoms with E-state index < -0.39 is 4.92 Å². The molecule has 1 aromatic carbocycles.